The summed E-state index contributed by atoms with van der Waals surface area (Å²) in [6, 6.07) is 0.107. The Morgan fingerprint density at radius 2 is 2.09 bits per heavy atom. The smallest absolute Gasteiger partial charge is 0.0985 e. The Kier molecular flexibility index (Phi) is 2.11. The topological polar surface area (TPSA) is 44.5 Å². The van der Waals surface area contributed by atoms with E-state index in [1.54, 1.807) is 0 Å². The molecule has 1 aliphatic carbocycles. The highest BCUT2D eigenvalue weighted by Gasteiger charge is 2.30. The van der Waals surface area contributed by atoms with Crippen LogP contribution < -0.4 is 5.73 Å². The highest BCUT2D eigenvalue weighted by molar-refractivity contribution is 4.81. The normalized spacial score (nSPS) is 39.0. The van der Waals surface area contributed by atoms with Crippen LogP contribution in [0, 0.1) is 0 Å². The van der Waals surface area contributed by atoms with Crippen molar-refractivity contribution < 1.29 is 9.47 Å². The molecule has 2 N–H and O–H groups in total. The molecule has 2 unspecified atom stereocenters. The molecule has 1 saturated heterocycles. The van der Waals surface area contributed by atoms with Crippen molar-refractivity contribution >= 4 is 0 Å². The molecule has 0 aromatic carbocycles. The zero-order chi connectivity index (χ0) is 7.68. The SMILES string of the molecule is NC1COCC1OC1CCC1. The number of ether oxygens (including phenoxy) is 2. The van der Waals surface area contributed by atoms with Crippen molar-refractivity contribution in [2.75, 3.05) is 13.2 Å². The van der Waals surface area contributed by atoms with Gasteiger partial charge in [-0.3, -0.25) is 0 Å². The molecule has 3 nitrogen and oxygen atoms in total. The number of hydrogen-bond acceptors (Lipinski definition) is 3. The molecule has 0 bridgehead atoms. The van der Waals surface area contributed by atoms with Gasteiger partial charge in [-0.15, -0.1) is 0 Å². The highest BCUT2D eigenvalue weighted by Crippen LogP contribution is 2.25. The molecule has 2 rings (SSSR count). The highest BCUT2D eigenvalue weighted by atomic mass is 16.6. The van der Waals surface area contributed by atoms with Gasteiger partial charge in [0.15, 0.2) is 0 Å². The first-order valence-electron chi connectivity index (χ1n) is 4.35. The van der Waals surface area contributed by atoms with Crippen molar-refractivity contribution in [3.63, 3.8) is 0 Å². The quantitative estimate of drug-likeness (QED) is 0.626. The molecule has 0 aromatic heterocycles. The Hall–Kier alpha value is -0.120. The fourth-order valence-electron chi connectivity index (χ4n) is 1.45. The van der Waals surface area contributed by atoms with Crippen molar-refractivity contribution in [3.8, 4) is 0 Å². The van der Waals surface area contributed by atoms with E-state index in [2.05, 4.69) is 0 Å². The molecule has 1 saturated carbocycles. The average molecular weight is 157 g/mol. The summed E-state index contributed by atoms with van der Waals surface area (Å²) in [6.07, 6.45) is 4.38. The molecular weight excluding hydrogens is 142 g/mol. The minimum absolute atomic E-state index is 0.107. The lowest BCUT2D eigenvalue weighted by molar-refractivity contribution is -0.0563. The summed E-state index contributed by atoms with van der Waals surface area (Å²) in [6.45, 7) is 1.36. The van der Waals surface area contributed by atoms with Gasteiger partial charge in [0.1, 0.15) is 0 Å². The van der Waals surface area contributed by atoms with E-state index < -0.39 is 0 Å². The van der Waals surface area contributed by atoms with Crippen LogP contribution in [0.2, 0.25) is 0 Å². The van der Waals surface area contributed by atoms with Crippen molar-refractivity contribution in [2.45, 2.75) is 37.5 Å². The van der Waals surface area contributed by atoms with Gasteiger partial charge in [0.25, 0.3) is 0 Å². The number of nitrogens with two attached hydrogens (primary N) is 1. The van der Waals surface area contributed by atoms with Crippen LogP contribution in [0.25, 0.3) is 0 Å². The first kappa shape index (κ1) is 7.53. The molecule has 11 heavy (non-hydrogen) atoms. The van der Waals surface area contributed by atoms with E-state index in [0.717, 1.165) is 0 Å². The predicted molar refractivity (Wildman–Crippen MR) is 41.3 cm³/mol. The maximum atomic E-state index is 5.76. The van der Waals surface area contributed by atoms with E-state index in [9.17, 15) is 0 Å². The van der Waals surface area contributed by atoms with E-state index in [1.165, 1.54) is 19.3 Å². The molecule has 0 amide bonds. The van der Waals surface area contributed by atoms with E-state index >= 15 is 0 Å². The molecule has 2 fully saturated rings. The van der Waals surface area contributed by atoms with Crippen LogP contribution in [0.15, 0.2) is 0 Å². The van der Waals surface area contributed by atoms with Crippen molar-refractivity contribution in [1.29, 1.82) is 0 Å². The summed E-state index contributed by atoms with van der Waals surface area (Å²) in [5.41, 5.74) is 5.76. The summed E-state index contributed by atoms with van der Waals surface area (Å²) < 4.78 is 10.9. The maximum absolute atomic E-state index is 5.76. The number of hydrogen-bond donors (Lipinski definition) is 1. The fraction of sp³-hybridized carbons (Fsp3) is 1.00. The van der Waals surface area contributed by atoms with Crippen molar-refractivity contribution in [3.05, 3.63) is 0 Å². The lowest BCUT2D eigenvalue weighted by Crippen LogP contribution is -2.39. The fourth-order valence-corrected chi connectivity index (χ4v) is 1.45. The van der Waals surface area contributed by atoms with Gasteiger partial charge >= 0.3 is 0 Å². The molecule has 64 valence electrons. The van der Waals surface area contributed by atoms with Crippen LogP contribution in [-0.4, -0.2) is 31.5 Å². The van der Waals surface area contributed by atoms with Crippen LogP contribution in [0.4, 0.5) is 0 Å². The minimum atomic E-state index is 0.107. The van der Waals surface area contributed by atoms with Crippen LogP contribution in [0.3, 0.4) is 0 Å². The Morgan fingerprint density at radius 1 is 1.27 bits per heavy atom. The standard InChI is InChI=1S/C8H15NO2/c9-7-4-10-5-8(7)11-6-2-1-3-6/h6-8H,1-5,9H2. The molecular formula is C8H15NO2. The zero-order valence-corrected chi connectivity index (χ0v) is 6.66. The summed E-state index contributed by atoms with van der Waals surface area (Å²) in [7, 11) is 0. The molecule has 2 atom stereocenters. The van der Waals surface area contributed by atoms with Crippen molar-refractivity contribution in [2.24, 2.45) is 5.73 Å². The molecule has 0 aromatic rings. The van der Waals surface area contributed by atoms with Crippen LogP contribution >= 0.6 is 0 Å². The van der Waals surface area contributed by atoms with Gasteiger partial charge in [0.05, 0.1) is 31.5 Å². The molecule has 1 aliphatic heterocycles. The lowest BCUT2D eigenvalue weighted by Gasteiger charge is -2.29. The van der Waals surface area contributed by atoms with E-state index in [1.807, 2.05) is 0 Å². The molecule has 2 aliphatic rings. The molecule has 0 spiro atoms. The number of rotatable bonds is 2. The molecule has 1 heterocycles. The second-order valence-electron chi connectivity index (χ2n) is 3.43. The second kappa shape index (κ2) is 3.09. The third-order valence-electron chi connectivity index (χ3n) is 2.49. The summed E-state index contributed by atoms with van der Waals surface area (Å²) >= 11 is 0. The van der Waals surface area contributed by atoms with Gasteiger partial charge in [-0.25, -0.2) is 0 Å². The third kappa shape index (κ3) is 1.55. The lowest BCUT2D eigenvalue weighted by atomic mass is 9.96. The largest absolute Gasteiger partial charge is 0.377 e. The Bertz CT molecular complexity index is 136. The maximum Gasteiger partial charge on any atom is 0.0985 e. The van der Waals surface area contributed by atoms with Gasteiger partial charge in [-0.2, -0.15) is 0 Å². The summed E-state index contributed by atoms with van der Waals surface area (Å²) in [4.78, 5) is 0. The molecule has 0 radical (unpaired) electrons. The minimum Gasteiger partial charge on any atom is -0.377 e. The van der Waals surface area contributed by atoms with E-state index in [0.29, 0.717) is 19.3 Å². The monoisotopic (exact) mass is 157 g/mol. The first-order valence-corrected chi connectivity index (χ1v) is 4.35. The van der Waals surface area contributed by atoms with Gasteiger partial charge in [-0.05, 0) is 19.3 Å². The van der Waals surface area contributed by atoms with Crippen LogP contribution in [0.1, 0.15) is 19.3 Å². The van der Waals surface area contributed by atoms with Gasteiger partial charge in [0, 0.05) is 0 Å². The first-order chi connectivity index (χ1) is 5.36. The zero-order valence-electron chi connectivity index (χ0n) is 6.66. The van der Waals surface area contributed by atoms with Gasteiger partial charge in [0.2, 0.25) is 0 Å². The molecule has 3 heteroatoms. The van der Waals surface area contributed by atoms with E-state index in [-0.39, 0.29) is 12.1 Å². The summed E-state index contributed by atoms with van der Waals surface area (Å²) in [5.74, 6) is 0. The second-order valence-corrected chi connectivity index (χ2v) is 3.43. The Labute approximate surface area is 66.8 Å². The summed E-state index contributed by atoms with van der Waals surface area (Å²) in [5, 5.41) is 0. The Balaban J connectivity index is 1.75. The Morgan fingerprint density at radius 3 is 2.55 bits per heavy atom. The van der Waals surface area contributed by atoms with Crippen LogP contribution in [0.5, 0.6) is 0 Å². The van der Waals surface area contributed by atoms with Crippen LogP contribution in [-0.2, 0) is 9.47 Å². The van der Waals surface area contributed by atoms with Gasteiger partial charge < -0.3 is 15.2 Å². The van der Waals surface area contributed by atoms with Gasteiger partial charge in [-0.1, -0.05) is 0 Å². The van der Waals surface area contributed by atoms with E-state index in [4.69, 9.17) is 15.2 Å². The predicted octanol–water partition coefficient (Wildman–Crippen LogP) is 0.282. The van der Waals surface area contributed by atoms with Crippen molar-refractivity contribution in [1.82, 2.24) is 0 Å². The average Bonchev–Trinajstić information content (AvgIpc) is 2.27. The third-order valence-corrected chi connectivity index (χ3v) is 2.49.